The summed E-state index contributed by atoms with van der Waals surface area (Å²) in [6.45, 7) is 2.92. The minimum Gasteiger partial charge on any atom is -0.391 e. The number of likely N-dealkylation sites (tertiary alicyclic amines) is 2. The standard InChI is InChI=1S/C26H36F3N5O6/c1-14(35)19(30)23(39)33-11-3-5-18(33)22(38)34-12-4-10-25(34,24(40)32-20(15(2)36)21(31)37)13-16-6-8-17(9-7-16)26(27,28)29/h6-9,14-15,18-20,35-36H,3-5,10-13,30H2,1-2H3,(H2,31,37)(H,32,40)/t14-,15-,18+,19+,20+,25-/m1/s1. The molecule has 2 aliphatic rings. The fourth-order valence-corrected chi connectivity index (χ4v) is 5.42. The van der Waals surface area contributed by atoms with E-state index in [1.165, 1.54) is 35.8 Å². The van der Waals surface area contributed by atoms with Gasteiger partial charge in [0.2, 0.25) is 23.6 Å². The van der Waals surface area contributed by atoms with Crippen molar-refractivity contribution in [1.29, 1.82) is 0 Å². The monoisotopic (exact) mass is 571 g/mol. The van der Waals surface area contributed by atoms with Crippen LogP contribution in [0.25, 0.3) is 0 Å². The highest BCUT2D eigenvalue weighted by atomic mass is 19.4. The molecule has 1 aromatic carbocycles. The Kier molecular flexibility index (Phi) is 9.47. The summed E-state index contributed by atoms with van der Waals surface area (Å²) in [6, 6.07) is 0.465. The summed E-state index contributed by atoms with van der Waals surface area (Å²) in [5.41, 5.74) is 8.99. The maximum Gasteiger partial charge on any atom is 0.416 e. The Morgan fingerprint density at radius 3 is 2.23 bits per heavy atom. The molecule has 11 nitrogen and oxygen atoms in total. The van der Waals surface area contributed by atoms with Gasteiger partial charge in [0.25, 0.3) is 0 Å². The molecule has 3 rings (SSSR count). The average molecular weight is 572 g/mol. The van der Waals surface area contributed by atoms with Crippen LogP contribution in [0.3, 0.4) is 0 Å². The first-order chi connectivity index (χ1) is 18.6. The van der Waals surface area contributed by atoms with Crippen LogP contribution in [-0.2, 0) is 31.8 Å². The predicted octanol–water partition coefficient (Wildman–Crippen LogP) is -0.341. The number of alkyl halides is 3. The largest absolute Gasteiger partial charge is 0.416 e. The van der Waals surface area contributed by atoms with E-state index in [1.54, 1.807) is 0 Å². The fraction of sp³-hybridized carbons (Fsp3) is 0.615. The third-order valence-corrected chi connectivity index (χ3v) is 7.66. The van der Waals surface area contributed by atoms with Gasteiger partial charge in [-0.25, -0.2) is 0 Å². The summed E-state index contributed by atoms with van der Waals surface area (Å²) in [5.74, 6) is -3.00. The molecule has 0 saturated carbocycles. The highest BCUT2D eigenvalue weighted by Crippen LogP contribution is 2.37. The zero-order valence-corrected chi connectivity index (χ0v) is 22.4. The maximum absolute atomic E-state index is 14.0. The molecule has 222 valence electrons. The van der Waals surface area contributed by atoms with Gasteiger partial charge in [-0.1, -0.05) is 12.1 Å². The SMILES string of the molecule is C[C@@H](O)[C@H](N)C(=O)N1CCC[C@H]1C(=O)N1CCC[C@@]1(Cc1ccc(C(F)(F)F)cc1)C(=O)N[C@H](C(N)=O)[C@@H](C)O. The van der Waals surface area contributed by atoms with Crippen molar-refractivity contribution in [3.05, 3.63) is 35.4 Å². The number of aliphatic hydroxyl groups is 2. The number of carbonyl (C=O) groups excluding carboxylic acids is 4. The zero-order chi connectivity index (χ0) is 30.0. The molecule has 0 aromatic heterocycles. The van der Waals surface area contributed by atoms with E-state index >= 15 is 0 Å². The van der Waals surface area contributed by atoms with Crippen molar-refractivity contribution in [2.75, 3.05) is 13.1 Å². The molecule has 0 unspecified atom stereocenters. The number of nitrogens with zero attached hydrogens (tertiary/aromatic N) is 2. The lowest BCUT2D eigenvalue weighted by atomic mass is 9.85. The molecule has 1 aromatic rings. The molecule has 0 bridgehead atoms. The summed E-state index contributed by atoms with van der Waals surface area (Å²) in [7, 11) is 0. The Morgan fingerprint density at radius 2 is 1.70 bits per heavy atom. The smallest absolute Gasteiger partial charge is 0.391 e. The molecule has 2 aliphatic heterocycles. The van der Waals surface area contributed by atoms with Crippen molar-refractivity contribution in [2.45, 2.75) is 88.0 Å². The molecule has 0 spiro atoms. The number of halogens is 3. The second-order valence-corrected chi connectivity index (χ2v) is 10.5. The second-order valence-electron chi connectivity index (χ2n) is 10.5. The molecular formula is C26H36F3N5O6. The Morgan fingerprint density at radius 1 is 1.07 bits per heavy atom. The van der Waals surface area contributed by atoms with E-state index < -0.39 is 71.2 Å². The molecule has 0 aliphatic carbocycles. The molecule has 0 radical (unpaired) electrons. The number of primary amides is 1. The number of nitrogens with one attached hydrogen (secondary N) is 1. The first-order valence-corrected chi connectivity index (χ1v) is 13.1. The third-order valence-electron chi connectivity index (χ3n) is 7.66. The molecule has 7 N–H and O–H groups in total. The number of amides is 4. The Bertz CT molecular complexity index is 1110. The highest BCUT2D eigenvalue weighted by Gasteiger charge is 2.53. The lowest BCUT2D eigenvalue weighted by molar-refractivity contribution is -0.152. The highest BCUT2D eigenvalue weighted by molar-refractivity contribution is 5.98. The minimum atomic E-state index is -4.57. The summed E-state index contributed by atoms with van der Waals surface area (Å²) in [4.78, 5) is 55.2. The molecule has 2 saturated heterocycles. The predicted molar refractivity (Wildman–Crippen MR) is 136 cm³/mol. The normalized spacial score (nSPS) is 24.4. The average Bonchev–Trinajstić information content (AvgIpc) is 3.53. The van der Waals surface area contributed by atoms with E-state index in [2.05, 4.69) is 5.32 Å². The quantitative estimate of drug-likeness (QED) is 0.269. The maximum atomic E-state index is 14.0. The lowest BCUT2D eigenvalue weighted by Crippen LogP contribution is -2.65. The van der Waals surface area contributed by atoms with Crippen LogP contribution in [0.5, 0.6) is 0 Å². The van der Waals surface area contributed by atoms with E-state index in [4.69, 9.17) is 11.5 Å². The van der Waals surface area contributed by atoms with Crippen molar-refractivity contribution < 1.29 is 42.6 Å². The van der Waals surface area contributed by atoms with Gasteiger partial charge in [0.1, 0.15) is 23.7 Å². The van der Waals surface area contributed by atoms with Gasteiger partial charge in [0, 0.05) is 19.5 Å². The number of rotatable bonds is 9. The van der Waals surface area contributed by atoms with Crippen LogP contribution in [0.15, 0.2) is 24.3 Å². The third kappa shape index (κ3) is 6.39. The second kappa shape index (κ2) is 12.1. The summed E-state index contributed by atoms with van der Waals surface area (Å²) >= 11 is 0. The van der Waals surface area contributed by atoms with Crippen LogP contribution in [0.4, 0.5) is 13.2 Å². The molecule has 14 heteroatoms. The minimum absolute atomic E-state index is 0.101. The number of aliphatic hydroxyl groups excluding tert-OH is 2. The molecule has 4 amide bonds. The van der Waals surface area contributed by atoms with Gasteiger partial charge in [-0.3, -0.25) is 19.2 Å². The molecule has 6 atom stereocenters. The van der Waals surface area contributed by atoms with Crippen molar-refractivity contribution >= 4 is 23.6 Å². The van der Waals surface area contributed by atoms with Crippen LogP contribution in [-0.4, -0.2) is 92.6 Å². The van der Waals surface area contributed by atoms with E-state index in [0.717, 1.165) is 12.1 Å². The van der Waals surface area contributed by atoms with Crippen molar-refractivity contribution in [3.63, 3.8) is 0 Å². The van der Waals surface area contributed by atoms with Gasteiger partial charge in [-0.05, 0) is 57.2 Å². The van der Waals surface area contributed by atoms with E-state index in [1.807, 2.05) is 0 Å². The topological polar surface area (TPSA) is 179 Å². The number of hydrogen-bond acceptors (Lipinski definition) is 7. The van der Waals surface area contributed by atoms with Gasteiger partial charge >= 0.3 is 6.18 Å². The molecule has 2 heterocycles. The van der Waals surface area contributed by atoms with Gasteiger partial charge in [0.05, 0.1) is 17.8 Å². The first-order valence-electron chi connectivity index (χ1n) is 13.1. The Labute approximate surface area is 229 Å². The zero-order valence-electron chi connectivity index (χ0n) is 22.4. The Balaban J connectivity index is 2.00. The summed E-state index contributed by atoms with van der Waals surface area (Å²) in [6.07, 6.45) is -6.07. The van der Waals surface area contributed by atoms with Gasteiger partial charge < -0.3 is 36.8 Å². The van der Waals surface area contributed by atoms with Gasteiger partial charge in [0.15, 0.2) is 0 Å². The van der Waals surface area contributed by atoms with Crippen LogP contribution < -0.4 is 16.8 Å². The molecular weight excluding hydrogens is 535 g/mol. The number of nitrogens with two attached hydrogens (primary N) is 2. The molecule has 40 heavy (non-hydrogen) atoms. The number of carbonyl (C=O) groups is 4. The van der Waals surface area contributed by atoms with Gasteiger partial charge in [-0.2, -0.15) is 13.2 Å². The summed E-state index contributed by atoms with van der Waals surface area (Å²) < 4.78 is 39.4. The van der Waals surface area contributed by atoms with Crippen LogP contribution in [0.1, 0.15) is 50.7 Å². The van der Waals surface area contributed by atoms with Crippen molar-refractivity contribution in [3.8, 4) is 0 Å². The van der Waals surface area contributed by atoms with E-state index in [0.29, 0.717) is 18.4 Å². The van der Waals surface area contributed by atoms with Crippen LogP contribution in [0.2, 0.25) is 0 Å². The Hall–Kier alpha value is -3.23. The van der Waals surface area contributed by atoms with Crippen LogP contribution in [0, 0.1) is 0 Å². The van der Waals surface area contributed by atoms with Gasteiger partial charge in [-0.15, -0.1) is 0 Å². The summed E-state index contributed by atoms with van der Waals surface area (Å²) in [5, 5.41) is 22.2. The van der Waals surface area contributed by atoms with E-state index in [-0.39, 0.29) is 32.4 Å². The van der Waals surface area contributed by atoms with Crippen molar-refractivity contribution in [1.82, 2.24) is 15.1 Å². The van der Waals surface area contributed by atoms with Crippen LogP contribution >= 0.6 is 0 Å². The number of hydrogen-bond donors (Lipinski definition) is 5. The number of benzene rings is 1. The van der Waals surface area contributed by atoms with Crippen molar-refractivity contribution in [2.24, 2.45) is 11.5 Å². The fourth-order valence-electron chi connectivity index (χ4n) is 5.42. The first kappa shape index (κ1) is 31.3. The van der Waals surface area contributed by atoms with E-state index in [9.17, 15) is 42.6 Å². The molecule has 2 fully saturated rings. The lowest BCUT2D eigenvalue weighted by Gasteiger charge is -2.41.